The standard InChI is InChI=1S/C18H20N6O2/c1-12-5-3-6-14(9-12)18(25)23-8-4-7-15(10-23)24-11-16(20-22-24)17-19-13(2)21-26-17/h3,5-6,9,11,15H,4,7-8,10H2,1-2H3. The van der Waals surface area contributed by atoms with E-state index < -0.39 is 0 Å². The van der Waals surface area contributed by atoms with Crippen LogP contribution in [0, 0.1) is 13.8 Å². The summed E-state index contributed by atoms with van der Waals surface area (Å²) in [7, 11) is 0. The molecule has 1 atom stereocenters. The smallest absolute Gasteiger partial charge is 0.280 e. The molecule has 1 saturated heterocycles. The fourth-order valence-corrected chi connectivity index (χ4v) is 3.27. The summed E-state index contributed by atoms with van der Waals surface area (Å²) in [5, 5.41) is 12.1. The first-order valence-electron chi connectivity index (χ1n) is 8.68. The molecule has 8 nitrogen and oxygen atoms in total. The van der Waals surface area contributed by atoms with Crippen molar-refractivity contribution < 1.29 is 9.32 Å². The lowest BCUT2D eigenvalue weighted by Gasteiger charge is -2.32. The predicted molar refractivity (Wildman–Crippen MR) is 93.4 cm³/mol. The van der Waals surface area contributed by atoms with E-state index in [1.54, 1.807) is 17.8 Å². The molecular weight excluding hydrogens is 332 g/mol. The van der Waals surface area contributed by atoms with E-state index in [1.165, 1.54) is 0 Å². The number of nitrogens with zero attached hydrogens (tertiary/aromatic N) is 6. The second-order valence-electron chi connectivity index (χ2n) is 6.65. The fraction of sp³-hybridized carbons (Fsp3) is 0.389. The number of amides is 1. The van der Waals surface area contributed by atoms with E-state index in [0.29, 0.717) is 24.0 Å². The van der Waals surface area contributed by atoms with Crippen molar-refractivity contribution in [3.05, 3.63) is 47.4 Å². The number of aryl methyl sites for hydroxylation is 2. The maximum absolute atomic E-state index is 12.8. The molecular formula is C18H20N6O2. The zero-order valence-electron chi connectivity index (χ0n) is 14.8. The van der Waals surface area contributed by atoms with Gasteiger partial charge in [-0.1, -0.05) is 28.1 Å². The predicted octanol–water partition coefficient (Wildman–Crippen LogP) is 2.42. The third-order valence-electron chi connectivity index (χ3n) is 4.58. The van der Waals surface area contributed by atoms with Gasteiger partial charge in [-0.25, -0.2) is 4.68 Å². The van der Waals surface area contributed by atoms with Crippen LogP contribution in [0.25, 0.3) is 11.6 Å². The molecule has 3 aromatic rings. The number of carbonyl (C=O) groups is 1. The maximum atomic E-state index is 12.8. The molecule has 1 aliphatic heterocycles. The number of rotatable bonds is 3. The Morgan fingerprint density at radius 1 is 1.31 bits per heavy atom. The Kier molecular flexibility index (Phi) is 4.24. The molecule has 1 amide bonds. The molecule has 1 aliphatic rings. The molecule has 1 aromatic carbocycles. The van der Waals surface area contributed by atoms with Crippen LogP contribution < -0.4 is 0 Å². The van der Waals surface area contributed by atoms with Crippen molar-refractivity contribution >= 4 is 5.91 Å². The van der Waals surface area contributed by atoms with Gasteiger partial charge < -0.3 is 9.42 Å². The lowest BCUT2D eigenvalue weighted by Crippen LogP contribution is -2.40. The lowest BCUT2D eigenvalue weighted by molar-refractivity contribution is 0.0671. The van der Waals surface area contributed by atoms with Crippen LogP contribution in [0.1, 0.15) is 40.6 Å². The highest BCUT2D eigenvalue weighted by Gasteiger charge is 2.27. The summed E-state index contributed by atoms with van der Waals surface area (Å²) >= 11 is 0. The monoisotopic (exact) mass is 352 g/mol. The number of benzene rings is 1. The number of likely N-dealkylation sites (tertiary alicyclic amines) is 1. The molecule has 8 heteroatoms. The van der Waals surface area contributed by atoms with Gasteiger partial charge in [-0.2, -0.15) is 4.98 Å². The van der Waals surface area contributed by atoms with Gasteiger partial charge in [0.05, 0.1) is 12.2 Å². The van der Waals surface area contributed by atoms with Crippen LogP contribution in [0.5, 0.6) is 0 Å². The summed E-state index contributed by atoms with van der Waals surface area (Å²) in [6.45, 7) is 5.12. The summed E-state index contributed by atoms with van der Waals surface area (Å²) in [6, 6.07) is 7.79. The third kappa shape index (κ3) is 3.22. The van der Waals surface area contributed by atoms with Crippen molar-refractivity contribution in [2.75, 3.05) is 13.1 Å². The fourth-order valence-electron chi connectivity index (χ4n) is 3.27. The van der Waals surface area contributed by atoms with Crippen LogP contribution in [-0.2, 0) is 0 Å². The highest BCUT2D eigenvalue weighted by molar-refractivity contribution is 5.94. The van der Waals surface area contributed by atoms with Crippen LogP contribution in [0.4, 0.5) is 0 Å². The summed E-state index contributed by atoms with van der Waals surface area (Å²) in [4.78, 5) is 18.9. The third-order valence-corrected chi connectivity index (χ3v) is 4.58. The van der Waals surface area contributed by atoms with Crippen molar-refractivity contribution in [1.29, 1.82) is 0 Å². The van der Waals surface area contributed by atoms with Crippen molar-refractivity contribution in [2.24, 2.45) is 0 Å². The molecule has 3 heterocycles. The molecule has 2 aromatic heterocycles. The van der Waals surface area contributed by atoms with Gasteiger partial charge in [0.25, 0.3) is 11.8 Å². The molecule has 0 bridgehead atoms. The first-order chi connectivity index (χ1) is 12.6. The van der Waals surface area contributed by atoms with Crippen LogP contribution >= 0.6 is 0 Å². The minimum absolute atomic E-state index is 0.0614. The maximum Gasteiger partial charge on any atom is 0.280 e. The van der Waals surface area contributed by atoms with Crippen LogP contribution in [0.3, 0.4) is 0 Å². The Labute approximate surface area is 150 Å². The van der Waals surface area contributed by atoms with E-state index >= 15 is 0 Å². The topological polar surface area (TPSA) is 89.9 Å². The van der Waals surface area contributed by atoms with Gasteiger partial charge in [0.1, 0.15) is 0 Å². The van der Waals surface area contributed by atoms with E-state index in [2.05, 4.69) is 20.5 Å². The van der Waals surface area contributed by atoms with Gasteiger partial charge in [0.2, 0.25) is 0 Å². The Hall–Kier alpha value is -3.03. The van der Waals surface area contributed by atoms with E-state index in [0.717, 1.165) is 30.5 Å². The summed E-state index contributed by atoms with van der Waals surface area (Å²) in [6.07, 6.45) is 3.68. The van der Waals surface area contributed by atoms with Crippen LogP contribution in [0.15, 0.2) is 35.0 Å². The normalized spacial score (nSPS) is 17.5. The van der Waals surface area contributed by atoms with Crippen molar-refractivity contribution in [1.82, 2.24) is 30.0 Å². The van der Waals surface area contributed by atoms with Crippen molar-refractivity contribution in [3.8, 4) is 11.6 Å². The second-order valence-corrected chi connectivity index (χ2v) is 6.65. The molecule has 1 unspecified atom stereocenters. The molecule has 0 aliphatic carbocycles. The van der Waals surface area contributed by atoms with Crippen molar-refractivity contribution in [3.63, 3.8) is 0 Å². The Bertz CT molecular complexity index is 931. The average molecular weight is 352 g/mol. The first-order valence-corrected chi connectivity index (χ1v) is 8.68. The first kappa shape index (κ1) is 16.4. The van der Waals surface area contributed by atoms with E-state index in [-0.39, 0.29) is 11.9 Å². The zero-order valence-corrected chi connectivity index (χ0v) is 14.8. The van der Waals surface area contributed by atoms with E-state index in [4.69, 9.17) is 4.52 Å². The summed E-state index contributed by atoms with van der Waals surface area (Å²) in [5.41, 5.74) is 2.36. The molecule has 0 saturated carbocycles. The zero-order chi connectivity index (χ0) is 18.1. The van der Waals surface area contributed by atoms with Crippen molar-refractivity contribution in [2.45, 2.75) is 32.7 Å². The summed E-state index contributed by atoms with van der Waals surface area (Å²) < 4.78 is 6.93. The summed E-state index contributed by atoms with van der Waals surface area (Å²) in [5.74, 6) is 0.977. The number of carbonyl (C=O) groups excluding carboxylic acids is 1. The second kappa shape index (κ2) is 6.70. The quantitative estimate of drug-likeness (QED) is 0.719. The minimum atomic E-state index is 0.0614. The average Bonchev–Trinajstić information content (AvgIpc) is 3.30. The van der Waals surface area contributed by atoms with Gasteiger partial charge in [0, 0.05) is 18.7 Å². The number of piperidine rings is 1. The van der Waals surface area contributed by atoms with E-state index in [1.807, 2.05) is 36.1 Å². The van der Waals surface area contributed by atoms with Crippen LogP contribution in [-0.4, -0.2) is 49.0 Å². The molecule has 134 valence electrons. The highest BCUT2D eigenvalue weighted by Crippen LogP contribution is 2.24. The van der Waals surface area contributed by atoms with Gasteiger partial charge >= 0.3 is 0 Å². The SMILES string of the molecule is Cc1cccc(C(=O)N2CCCC(n3cc(-c4nc(C)no4)nn3)C2)c1. The molecule has 4 rings (SSSR count). The Morgan fingerprint density at radius 2 is 2.19 bits per heavy atom. The van der Waals surface area contributed by atoms with Gasteiger partial charge in [-0.15, -0.1) is 5.10 Å². The van der Waals surface area contributed by atoms with Gasteiger partial charge in [-0.05, 0) is 38.8 Å². The van der Waals surface area contributed by atoms with Gasteiger partial charge in [-0.3, -0.25) is 4.79 Å². The lowest BCUT2D eigenvalue weighted by atomic mass is 10.0. The minimum Gasteiger partial charge on any atom is -0.337 e. The largest absolute Gasteiger partial charge is 0.337 e. The Balaban J connectivity index is 1.50. The molecule has 0 N–H and O–H groups in total. The number of aromatic nitrogens is 5. The highest BCUT2D eigenvalue weighted by atomic mass is 16.5. The van der Waals surface area contributed by atoms with E-state index in [9.17, 15) is 4.79 Å². The molecule has 0 spiro atoms. The number of hydrogen-bond acceptors (Lipinski definition) is 6. The molecule has 1 fully saturated rings. The van der Waals surface area contributed by atoms with Gasteiger partial charge in [0.15, 0.2) is 11.5 Å². The molecule has 26 heavy (non-hydrogen) atoms. The van der Waals surface area contributed by atoms with Crippen LogP contribution in [0.2, 0.25) is 0 Å². The molecule has 0 radical (unpaired) electrons. The number of hydrogen-bond donors (Lipinski definition) is 0. The Morgan fingerprint density at radius 3 is 2.96 bits per heavy atom.